The predicted octanol–water partition coefficient (Wildman–Crippen LogP) is 3.73. The van der Waals surface area contributed by atoms with E-state index in [4.69, 9.17) is 0 Å². The molecule has 0 bridgehead atoms. The number of likely N-dealkylation sites (tertiary alicyclic amines) is 1. The number of carbonyl (C=O) groups excluding carboxylic acids is 1. The fourth-order valence-corrected chi connectivity index (χ4v) is 4.55. The highest BCUT2D eigenvalue weighted by Crippen LogP contribution is 2.25. The van der Waals surface area contributed by atoms with Crippen molar-refractivity contribution in [3.63, 3.8) is 0 Å². The van der Waals surface area contributed by atoms with E-state index < -0.39 is 0 Å². The Morgan fingerprint density at radius 3 is 2.92 bits per heavy atom. The number of para-hydroxylation sites is 2. The van der Waals surface area contributed by atoms with Crippen LogP contribution in [0, 0.1) is 19.8 Å². The third kappa shape index (κ3) is 3.31. The quantitative estimate of drug-likeness (QED) is 0.779. The standard InChI is InChI=1S/C19H22N4OS/c1-12-18(25-13(2)20-12)19(24)23-9-5-6-14(11-23)10-17-21-15-7-3-4-8-16(15)22-17/h3-4,7-8,14H,5-6,9-11H2,1-2H3,(H,21,22)/t14-/m0/s1. The summed E-state index contributed by atoms with van der Waals surface area (Å²) < 4.78 is 0. The van der Waals surface area contributed by atoms with Gasteiger partial charge in [0.25, 0.3) is 5.91 Å². The van der Waals surface area contributed by atoms with Crippen molar-refractivity contribution in [1.29, 1.82) is 0 Å². The lowest BCUT2D eigenvalue weighted by molar-refractivity contribution is 0.0676. The van der Waals surface area contributed by atoms with Gasteiger partial charge in [-0.25, -0.2) is 9.97 Å². The molecule has 0 unspecified atom stereocenters. The molecule has 1 amide bonds. The zero-order valence-electron chi connectivity index (χ0n) is 14.6. The summed E-state index contributed by atoms with van der Waals surface area (Å²) in [6.07, 6.45) is 3.08. The third-order valence-electron chi connectivity index (χ3n) is 4.82. The van der Waals surface area contributed by atoms with Gasteiger partial charge in [-0.2, -0.15) is 0 Å². The Labute approximate surface area is 151 Å². The number of aromatic nitrogens is 3. The molecule has 1 N–H and O–H groups in total. The van der Waals surface area contributed by atoms with E-state index in [2.05, 4.69) is 21.0 Å². The molecule has 1 aromatic carbocycles. The first-order valence-electron chi connectivity index (χ1n) is 8.77. The van der Waals surface area contributed by atoms with Gasteiger partial charge in [-0.1, -0.05) is 12.1 Å². The number of piperidine rings is 1. The summed E-state index contributed by atoms with van der Waals surface area (Å²) in [4.78, 5) is 28.1. The maximum absolute atomic E-state index is 12.8. The highest BCUT2D eigenvalue weighted by atomic mass is 32.1. The Morgan fingerprint density at radius 2 is 2.16 bits per heavy atom. The lowest BCUT2D eigenvalue weighted by Crippen LogP contribution is -2.40. The number of hydrogen-bond acceptors (Lipinski definition) is 4. The highest BCUT2D eigenvalue weighted by molar-refractivity contribution is 7.13. The van der Waals surface area contributed by atoms with Gasteiger partial charge in [0.15, 0.2) is 0 Å². The zero-order chi connectivity index (χ0) is 17.4. The Hall–Kier alpha value is -2.21. The normalized spacial score (nSPS) is 18.0. The number of amides is 1. The van der Waals surface area contributed by atoms with E-state index in [9.17, 15) is 4.79 Å². The summed E-state index contributed by atoms with van der Waals surface area (Å²) >= 11 is 1.50. The first-order chi connectivity index (χ1) is 12.1. The lowest BCUT2D eigenvalue weighted by atomic mass is 9.94. The zero-order valence-corrected chi connectivity index (χ0v) is 15.4. The predicted molar refractivity (Wildman–Crippen MR) is 100 cm³/mol. The molecular weight excluding hydrogens is 332 g/mol. The minimum atomic E-state index is 0.136. The Bertz CT molecular complexity index is 880. The molecule has 1 aliphatic rings. The van der Waals surface area contributed by atoms with Crippen LogP contribution in [0.5, 0.6) is 0 Å². The van der Waals surface area contributed by atoms with Gasteiger partial charge in [0.1, 0.15) is 10.7 Å². The number of benzene rings is 1. The minimum absolute atomic E-state index is 0.136. The van der Waals surface area contributed by atoms with Gasteiger partial charge >= 0.3 is 0 Å². The number of carbonyl (C=O) groups is 1. The van der Waals surface area contributed by atoms with Crippen LogP contribution in [0.4, 0.5) is 0 Å². The van der Waals surface area contributed by atoms with Crippen molar-refractivity contribution in [2.24, 2.45) is 5.92 Å². The first-order valence-corrected chi connectivity index (χ1v) is 9.59. The number of nitrogens with one attached hydrogen (secondary N) is 1. The van der Waals surface area contributed by atoms with Gasteiger partial charge < -0.3 is 9.88 Å². The van der Waals surface area contributed by atoms with E-state index >= 15 is 0 Å². The largest absolute Gasteiger partial charge is 0.342 e. The summed E-state index contributed by atoms with van der Waals surface area (Å²) in [5.74, 6) is 1.61. The van der Waals surface area contributed by atoms with Gasteiger partial charge in [-0.15, -0.1) is 11.3 Å². The van der Waals surface area contributed by atoms with Crippen LogP contribution >= 0.6 is 11.3 Å². The number of thiazole rings is 1. The second-order valence-corrected chi connectivity index (χ2v) is 8.01. The van der Waals surface area contributed by atoms with Crippen LogP contribution in [0.25, 0.3) is 11.0 Å². The molecule has 1 saturated heterocycles. The van der Waals surface area contributed by atoms with Crippen LogP contribution in [0.3, 0.4) is 0 Å². The molecule has 0 saturated carbocycles. The van der Waals surface area contributed by atoms with Crippen LogP contribution < -0.4 is 0 Å². The summed E-state index contributed by atoms with van der Waals surface area (Å²) in [5.41, 5.74) is 2.95. The number of aryl methyl sites for hydroxylation is 2. The van der Waals surface area contributed by atoms with E-state index in [0.717, 1.165) is 64.8 Å². The van der Waals surface area contributed by atoms with Gasteiger partial charge in [-0.05, 0) is 44.7 Å². The molecule has 6 heteroatoms. The summed E-state index contributed by atoms with van der Waals surface area (Å²) in [6.45, 7) is 5.51. The van der Waals surface area contributed by atoms with Gasteiger partial charge in [0.05, 0.1) is 21.7 Å². The Kier molecular flexibility index (Phi) is 4.29. The number of H-pyrrole nitrogens is 1. The number of aromatic amines is 1. The Morgan fingerprint density at radius 1 is 1.32 bits per heavy atom. The van der Waals surface area contributed by atoms with Crippen LogP contribution in [0.1, 0.15) is 39.0 Å². The van der Waals surface area contributed by atoms with Crippen LogP contribution in [-0.4, -0.2) is 38.8 Å². The third-order valence-corrected chi connectivity index (χ3v) is 5.89. The molecule has 130 valence electrons. The van der Waals surface area contributed by atoms with Crippen molar-refractivity contribution in [3.05, 3.63) is 45.7 Å². The molecule has 4 rings (SSSR count). The van der Waals surface area contributed by atoms with Gasteiger partial charge in [-0.3, -0.25) is 4.79 Å². The molecule has 1 fully saturated rings. The molecule has 1 atom stereocenters. The molecule has 3 heterocycles. The molecule has 5 nitrogen and oxygen atoms in total. The first kappa shape index (κ1) is 16.3. The Balaban J connectivity index is 1.47. The molecular formula is C19H22N4OS. The summed E-state index contributed by atoms with van der Waals surface area (Å²) in [6, 6.07) is 8.11. The number of hydrogen-bond donors (Lipinski definition) is 1. The van der Waals surface area contributed by atoms with Gasteiger partial charge in [0, 0.05) is 19.5 Å². The van der Waals surface area contributed by atoms with Crippen molar-refractivity contribution in [3.8, 4) is 0 Å². The van der Waals surface area contributed by atoms with E-state index in [1.807, 2.05) is 36.9 Å². The fraction of sp³-hybridized carbons (Fsp3) is 0.421. The molecule has 2 aromatic heterocycles. The van der Waals surface area contributed by atoms with Crippen molar-refractivity contribution < 1.29 is 4.79 Å². The number of nitrogens with zero attached hydrogens (tertiary/aromatic N) is 3. The SMILES string of the molecule is Cc1nc(C)c(C(=O)N2CCC[C@@H](Cc3nc4ccccc4[nH]3)C2)s1. The van der Waals surface area contributed by atoms with Crippen LogP contribution in [-0.2, 0) is 6.42 Å². The van der Waals surface area contributed by atoms with Crippen molar-refractivity contribution in [1.82, 2.24) is 19.9 Å². The maximum atomic E-state index is 12.8. The summed E-state index contributed by atoms with van der Waals surface area (Å²) in [5, 5.41) is 0.955. The molecule has 3 aromatic rings. The fourth-order valence-electron chi connectivity index (χ4n) is 3.67. The number of rotatable bonds is 3. The number of imidazole rings is 1. The topological polar surface area (TPSA) is 61.9 Å². The summed E-state index contributed by atoms with van der Waals surface area (Å²) in [7, 11) is 0. The average molecular weight is 354 g/mol. The molecule has 1 aliphatic heterocycles. The van der Waals surface area contributed by atoms with Crippen molar-refractivity contribution in [2.75, 3.05) is 13.1 Å². The second kappa shape index (κ2) is 6.59. The molecule has 0 spiro atoms. The molecule has 0 radical (unpaired) electrons. The van der Waals surface area contributed by atoms with Crippen LogP contribution in [0.15, 0.2) is 24.3 Å². The minimum Gasteiger partial charge on any atom is -0.342 e. The van der Waals surface area contributed by atoms with Crippen LogP contribution in [0.2, 0.25) is 0 Å². The highest BCUT2D eigenvalue weighted by Gasteiger charge is 2.27. The molecule has 0 aliphatic carbocycles. The second-order valence-electron chi connectivity index (χ2n) is 6.81. The average Bonchev–Trinajstić information content (AvgIpc) is 3.16. The maximum Gasteiger partial charge on any atom is 0.265 e. The monoisotopic (exact) mass is 354 g/mol. The van der Waals surface area contributed by atoms with E-state index in [1.165, 1.54) is 11.3 Å². The lowest BCUT2D eigenvalue weighted by Gasteiger charge is -2.32. The van der Waals surface area contributed by atoms with E-state index in [1.54, 1.807) is 0 Å². The smallest absolute Gasteiger partial charge is 0.265 e. The van der Waals surface area contributed by atoms with E-state index in [-0.39, 0.29) is 5.91 Å². The number of fused-ring (bicyclic) bond motifs is 1. The molecule has 25 heavy (non-hydrogen) atoms. The van der Waals surface area contributed by atoms with Crippen molar-refractivity contribution in [2.45, 2.75) is 33.1 Å². The van der Waals surface area contributed by atoms with E-state index in [0.29, 0.717) is 5.92 Å². The van der Waals surface area contributed by atoms with Gasteiger partial charge in [0.2, 0.25) is 0 Å². The van der Waals surface area contributed by atoms with Crippen molar-refractivity contribution >= 4 is 28.3 Å².